The van der Waals surface area contributed by atoms with Crippen LogP contribution in [0.5, 0.6) is 0 Å². The first-order valence-electron chi connectivity index (χ1n) is 8.69. The number of alkyl carbamates (subject to hydrolysis) is 1. The van der Waals surface area contributed by atoms with Gasteiger partial charge in [0.25, 0.3) is 0 Å². The van der Waals surface area contributed by atoms with E-state index in [0.29, 0.717) is 0 Å². The summed E-state index contributed by atoms with van der Waals surface area (Å²) in [5.74, 6) is 0. The summed E-state index contributed by atoms with van der Waals surface area (Å²) in [6, 6.07) is -0.517. The van der Waals surface area contributed by atoms with Crippen LogP contribution in [0.25, 0.3) is 0 Å². The highest BCUT2D eigenvalue weighted by Gasteiger charge is 2.40. The zero-order valence-corrected chi connectivity index (χ0v) is 17.0. The predicted octanol–water partition coefficient (Wildman–Crippen LogP) is 4.01. The molecule has 1 heterocycles. The molecule has 1 fully saturated rings. The number of hydrogen-bond acceptors (Lipinski definition) is 4. The number of hydrogen-bond donors (Lipinski definition) is 1. The predicted molar refractivity (Wildman–Crippen MR) is 93.0 cm³/mol. The van der Waals surface area contributed by atoms with Gasteiger partial charge in [-0.1, -0.05) is 0 Å². The number of carbonyl (C=O) groups excluding carboxylic acids is 1. The first-order chi connectivity index (χ1) is 13.4. The van der Waals surface area contributed by atoms with Crippen molar-refractivity contribution in [3.05, 3.63) is 29.3 Å². The van der Waals surface area contributed by atoms with Gasteiger partial charge in [-0.2, -0.15) is 30.6 Å². The van der Waals surface area contributed by atoms with Crippen LogP contribution in [0.2, 0.25) is 0 Å². The average Bonchev–Trinajstić information content (AvgIpc) is 3.00. The van der Waals surface area contributed by atoms with Crippen LogP contribution in [0.4, 0.5) is 31.1 Å². The van der Waals surface area contributed by atoms with Gasteiger partial charge in [0.15, 0.2) is 0 Å². The molecule has 1 aromatic rings. The molecule has 1 aliphatic heterocycles. The highest BCUT2D eigenvalue weighted by Crippen LogP contribution is 2.38. The molecule has 1 N–H and O–H groups in total. The number of benzene rings is 1. The van der Waals surface area contributed by atoms with Gasteiger partial charge in [-0.25, -0.2) is 13.2 Å². The zero-order valence-electron chi connectivity index (χ0n) is 16.2. The van der Waals surface area contributed by atoms with Crippen molar-refractivity contribution in [1.82, 2.24) is 9.62 Å². The summed E-state index contributed by atoms with van der Waals surface area (Å²) in [5.41, 5.74) is -4.25. The van der Waals surface area contributed by atoms with Gasteiger partial charge in [-0.15, -0.1) is 0 Å². The SMILES string of the molecule is CC(C)(C)OC(=O)NC1CCN(S(=O)(=O)c2cc(C(F)(F)F)cc(C(F)(F)F)c2)C1. The number of ether oxygens (including phenoxy) is 1. The Kier molecular flexibility index (Phi) is 6.39. The maximum atomic E-state index is 13.0. The molecule has 0 saturated carbocycles. The molecule has 1 aliphatic rings. The molecular weight excluding hydrogens is 442 g/mol. The standard InChI is InChI=1S/C17H20F6N2O4S/c1-15(2,3)29-14(26)24-12-4-5-25(9-12)30(27,28)13-7-10(16(18,19)20)6-11(8-13)17(21,22)23/h6-8,12H,4-5,9H2,1-3H3,(H,24,26). The van der Waals surface area contributed by atoms with E-state index in [4.69, 9.17) is 4.74 Å². The molecule has 1 atom stereocenters. The Morgan fingerprint density at radius 1 is 1.03 bits per heavy atom. The number of alkyl halides is 6. The first kappa shape index (κ1) is 24.3. The van der Waals surface area contributed by atoms with Crippen molar-refractivity contribution in [2.24, 2.45) is 0 Å². The fraction of sp³-hybridized carbons (Fsp3) is 0.588. The Labute approximate surface area is 169 Å². The molecule has 0 spiro atoms. The van der Waals surface area contributed by atoms with Crippen molar-refractivity contribution < 1.29 is 44.3 Å². The summed E-state index contributed by atoms with van der Waals surface area (Å²) >= 11 is 0. The summed E-state index contributed by atoms with van der Waals surface area (Å²) in [6.45, 7) is 4.33. The van der Waals surface area contributed by atoms with Crippen molar-refractivity contribution in [1.29, 1.82) is 0 Å². The van der Waals surface area contributed by atoms with E-state index in [1.54, 1.807) is 20.8 Å². The van der Waals surface area contributed by atoms with Crippen LogP contribution in [-0.2, 0) is 27.1 Å². The molecule has 1 aromatic carbocycles. The lowest BCUT2D eigenvalue weighted by atomic mass is 10.1. The van der Waals surface area contributed by atoms with Crippen molar-refractivity contribution >= 4 is 16.1 Å². The van der Waals surface area contributed by atoms with E-state index in [-0.39, 0.29) is 37.7 Å². The summed E-state index contributed by atoms with van der Waals surface area (Å²) in [5, 5.41) is 2.43. The third-order valence-electron chi connectivity index (χ3n) is 4.07. The summed E-state index contributed by atoms with van der Waals surface area (Å²) in [7, 11) is -4.67. The van der Waals surface area contributed by atoms with Gasteiger partial charge in [0.1, 0.15) is 5.60 Å². The normalized spacial score (nSPS) is 19.0. The molecule has 170 valence electrons. The van der Waals surface area contributed by atoms with E-state index < -0.39 is 56.1 Å². The lowest BCUT2D eigenvalue weighted by Gasteiger charge is -2.22. The molecule has 0 bridgehead atoms. The lowest BCUT2D eigenvalue weighted by Crippen LogP contribution is -2.41. The molecule has 1 saturated heterocycles. The van der Waals surface area contributed by atoms with Gasteiger partial charge in [-0.05, 0) is 45.4 Å². The quantitative estimate of drug-likeness (QED) is 0.689. The fourth-order valence-corrected chi connectivity index (χ4v) is 4.33. The van der Waals surface area contributed by atoms with Crippen LogP contribution in [0.1, 0.15) is 38.3 Å². The smallest absolute Gasteiger partial charge is 0.416 e. The minimum Gasteiger partial charge on any atom is -0.444 e. The van der Waals surface area contributed by atoms with Crippen molar-refractivity contribution in [3.63, 3.8) is 0 Å². The van der Waals surface area contributed by atoms with E-state index in [2.05, 4.69) is 5.32 Å². The van der Waals surface area contributed by atoms with Crippen molar-refractivity contribution in [2.45, 2.75) is 56.1 Å². The maximum absolute atomic E-state index is 13.0. The van der Waals surface area contributed by atoms with Crippen LogP contribution in [0.15, 0.2) is 23.1 Å². The summed E-state index contributed by atoms with van der Waals surface area (Å²) in [4.78, 5) is 10.7. The molecule has 0 radical (unpaired) electrons. The fourth-order valence-electron chi connectivity index (χ4n) is 2.76. The van der Waals surface area contributed by atoms with Gasteiger partial charge in [0.2, 0.25) is 10.0 Å². The molecule has 2 rings (SSSR count). The van der Waals surface area contributed by atoms with Crippen LogP contribution in [-0.4, -0.2) is 43.5 Å². The molecule has 0 aliphatic carbocycles. The second kappa shape index (κ2) is 7.91. The maximum Gasteiger partial charge on any atom is 0.416 e. The average molecular weight is 462 g/mol. The lowest BCUT2D eigenvalue weighted by molar-refractivity contribution is -0.143. The molecule has 1 amide bonds. The zero-order chi connectivity index (χ0) is 23.1. The van der Waals surface area contributed by atoms with E-state index >= 15 is 0 Å². The number of carbonyl (C=O) groups is 1. The number of nitrogens with one attached hydrogen (secondary N) is 1. The van der Waals surface area contributed by atoms with Gasteiger partial charge >= 0.3 is 18.4 Å². The van der Waals surface area contributed by atoms with E-state index in [0.717, 1.165) is 4.31 Å². The highest BCUT2D eigenvalue weighted by atomic mass is 32.2. The minimum absolute atomic E-state index is 0.115. The van der Waals surface area contributed by atoms with Crippen LogP contribution in [0, 0.1) is 0 Å². The topological polar surface area (TPSA) is 75.7 Å². The van der Waals surface area contributed by atoms with Crippen molar-refractivity contribution in [3.8, 4) is 0 Å². The van der Waals surface area contributed by atoms with E-state index in [9.17, 15) is 39.6 Å². The van der Waals surface area contributed by atoms with E-state index in [1.807, 2.05) is 0 Å². The van der Waals surface area contributed by atoms with Gasteiger partial charge in [-0.3, -0.25) is 0 Å². The second-order valence-electron chi connectivity index (χ2n) is 7.74. The number of nitrogens with zero attached hydrogens (tertiary/aromatic N) is 1. The minimum atomic E-state index is -5.17. The molecule has 13 heteroatoms. The van der Waals surface area contributed by atoms with Crippen molar-refractivity contribution in [2.75, 3.05) is 13.1 Å². The first-order valence-corrected chi connectivity index (χ1v) is 10.1. The number of sulfonamides is 1. The van der Waals surface area contributed by atoms with Gasteiger partial charge < -0.3 is 10.1 Å². The molecule has 6 nitrogen and oxygen atoms in total. The van der Waals surface area contributed by atoms with Crippen LogP contribution < -0.4 is 5.32 Å². The Morgan fingerprint density at radius 2 is 1.53 bits per heavy atom. The molecular formula is C17H20F6N2O4S. The molecule has 1 unspecified atom stereocenters. The molecule has 0 aromatic heterocycles. The number of amides is 1. The van der Waals surface area contributed by atoms with Crippen LogP contribution in [0.3, 0.4) is 0 Å². The second-order valence-corrected chi connectivity index (χ2v) is 9.67. The third-order valence-corrected chi connectivity index (χ3v) is 5.91. The van der Waals surface area contributed by atoms with Crippen LogP contribution >= 0.6 is 0 Å². The largest absolute Gasteiger partial charge is 0.444 e. The van der Waals surface area contributed by atoms with E-state index in [1.165, 1.54) is 0 Å². The number of halogens is 6. The highest BCUT2D eigenvalue weighted by molar-refractivity contribution is 7.89. The summed E-state index contributed by atoms with van der Waals surface area (Å²) in [6.07, 6.45) is -11.0. The Morgan fingerprint density at radius 3 is 1.97 bits per heavy atom. The van der Waals surface area contributed by atoms with Gasteiger partial charge in [0, 0.05) is 19.1 Å². The molecule has 30 heavy (non-hydrogen) atoms. The Balaban J connectivity index is 2.28. The monoisotopic (exact) mass is 462 g/mol. The summed E-state index contributed by atoms with van der Waals surface area (Å²) < 4.78 is 109. The number of rotatable bonds is 3. The Hall–Kier alpha value is -2.02. The third kappa shape index (κ3) is 6.00. The van der Waals surface area contributed by atoms with Gasteiger partial charge in [0.05, 0.1) is 16.0 Å². The Bertz CT molecular complexity index is 874.